The molecule has 0 spiro atoms. The van der Waals surface area contributed by atoms with E-state index >= 15 is 0 Å². The lowest BCUT2D eigenvalue weighted by Gasteiger charge is -2.10. The Labute approximate surface area is 129 Å². The van der Waals surface area contributed by atoms with Gasteiger partial charge in [0.1, 0.15) is 6.26 Å². The number of benzene rings is 1. The molecule has 6 nitrogen and oxygen atoms in total. The summed E-state index contributed by atoms with van der Waals surface area (Å²) in [7, 11) is -3.59. The highest BCUT2D eigenvalue weighted by molar-refractivity contribution is 7.89. The maximum atomic E-state index is 12.2. The number of nitrogens with one attached hydrogen (secondary N) is 2. The van der Waals surface area contributed by atoms with E-state index in [1.165, 1.54) is 18.6 Å². The van der Waals surface area contributed by atoms with Gasteiger partial charge in [0.2, 0.25) is 10.0 Å². The molecule has 118 valence electrons. The van der Waals surface area contributed by atoms with Gasteiger partial charge in [-0.15, -0.1) is 0 Å². The molecule has 2 rings (SSSR count). The van der Waals surface area contributed by atoms with Crippen LogP contribution >= 0.6 is 0 Å². The fraction of sp³-hybridized carbons (Fsp3) is 0.267. The normalized spacial score (nSPS) is 11.4. The summed E-state index contributed by atoms with van der Waals surface area (Å²) in [6.07, 6.45) is 2.73. The molecular formula is C15H18N2O4S. The van der Waals surface area contributed by atoms with Crippen LogP contribution in [-0.4, -0.2) is 27.4 Å². The molecule has 22 heavy (non-hydrogen) atoms. The monoisotopic (exact) mass is 322 g/mol. The number of carbonyl (C=O) groups is 1. The Morgan fingerprint density at radius 2 is 1.95 bits per heavy atom. The summed E-state index contributed by atoms with van der Waals surface area (Å²) in [5.41, 5.74) is 1.96. The molecule has 0 fully saturated rings. The first-order chi connectivity index (χ1) is 10.4. The number of sulfonamides is 1. The quantitative estimate of drug-likeness (QED) is 0.791. The predicted molar refractivity (Wildman–Crippen MR) is 82.1 cm³/mol. The molecule has 0 aliphatic heterocycles. The van der Waals surface area contributed by atoms with E-state index in [4.69, 9.17) is 4.42 Å². The van der Waals surface area contributed by atoms with Crippen LogP contribution < -0.4 is 10.0 Å². The zero-order chi connectivity index (χ0) is 16.2. The van der Waals surface area contributed by atoms with Crippen molar-refractivity contribution in [2.45, 2.75) is 18.7 Å². The van der Waals surface area contributed by atoms with Crippen LogP contribution in [-0.2, 0) is 10.0 Å². The third-order valence-electron chi connectivity index (χ3n) is 3.12. The van der Waals surface area contributed by atoms with E-state index in [1.807, 2.05) is 13.0 Å². The summed E-state index contributed by atoms with van der Waals surface area (Å²) in [6, 6.07) is 6.79. The summed E-state index contributed by atoms with van der Waals surface area (Å²) in [6.45, 7) is 3.88. The zero-order valence-electron chi connectivity index (χ0n) is 12.4. The SMILES string of the molecule is Cc1ccc(C)c(S(=O)(=O)NCCNC(=O)c2ccoc2)c1. The first-order valence-electron chi connectivity index (χ1n) is 6.77. The van der Waals surface area contributed by atoms with Gasteiger partial charge in [0, 0.05) is 13.1 Å². The van der Waals surface area contributed by atoms with Crippen LogP contribution in [0.2, 0.25) is 0 Å². The number of furan rings is 1. The van der Waals surface area contributed by atoms with Crippen LogP contribution in [0.25, 0.3) is 0 Å². The Hall–Kier alpha value is -2.12. The highest BCUT2D eigenvalue weighted by atomic mass is 32.2. The molecular weight excluding hydrogens is 304 g/mol. The lowest BCUT2D eigenvalue weighted by molar-refractivity contribution is 0.0953. The van der Waals surface area contributed by atoms with E-state index in [-0.39, 0.29) is 23.9 Å². The van der Waals surface area contributed by atoms with Crippen molar-refractivity contribution in [3.05, 3.63) is 53.5 Å². The van der Waals surface area contributed by atoms with Crippen LogP contribution in [0.5, 0.6) is 0 Å². The molecule has 1 heterocycles. The van der Waals surface area contributed by atoms with Crippen LogP contribution in [0.15, 0.2) is 46.1 Å². The maximum absolute atomic E-state index is 12.2. The van der Waals surface area contributed by atoms with Gasteiger partial charge in [0.05, 0.1) is 16.7 Å². The Morgan fingerprint density at radius 1 is 1.18 bits per heavy atom. The lowest BCUT2D eigenvalue weighted by Crippen LogP contribution is -2.34. The van der Waals surface area contributed by atoms with E-state index in [9.17, 15) is 13.2 Å². The largest absolute Gasteiger partial charge is 0.472 e. The Balaban J connectivity index is 1.90. The van der Waals surface area contributed by atoms with Gasteiger partial charge in [0.25, 0.3) is 5.91 Å². The van der Waals surface area contributed by atoms with E-state index in [2.05, 4.69) is 10.0 Å². The highest BCUT2D eigenvalue weighted by Gasteiger charge is 2.16. The molecule has 1 amide bonds. The molecule has 0 aliphatic rings. The summed E-state index contributed by atoms with van der Waals surface area (Å²) < 4.78 is 31.8. The van der Waals surface area contributed by atoms with E-state index in [1.54, 1.807) is 19.1 Å². The van der Waals surface area contributed by atoms with Crippen molar-refractivity contribution in [1.29, 1.82) is 0 Å². The number of carbonyl (C=O) groups excluding carboxylic acids is 1. The van der Waals surface area contributed by atoms with Crippen molar-refractivity contribution in [2.24, 2.45) is 0 Å². The predicted octanol–water partition coefficient (Wildman–Crippen LogP) is 1.60. The molecule has 2 aromatic rings. The highest BCUT2D eigenvalue weighted by Crippen LogP contribution is 2.16. The standard InChI is InChI=1S/C15H18N2O4S/c1-11-3-4-12(2)14(9-11)22(19,20)17-7-6-16-15(18)13-5-8-21-10-13/h3-5,8-10,17H,6-7H2,1-2H3,(H,16,18). The Kier molecular flexibility index (Phi) is 4.99. The molecule has 0 bridgehead atoms. The molecule has 1 aromatic heterocycles. The van der Waals surface area contributed by atoms with Gasteiger partial charge < -0.3 is 9.73 Å². The molecule has 1 aromatic carbocycles. The number of amides is 1. The third kappa shape index (κ3) is 3.96. The number of hydrogen-bond donors (Lipinski definition) is 2. The summed E-state index contributed by atoms with van der Waals surface area (Å²) in [4.78, 5) is 11.9. The molecule has 0 radical (unpaired) electrons. The average Bonchev–Trinajstić information content (AvgIpc) is 3.00. The minimum absolute atomic E-state index is 0.110. The number of aryl methyl sites for hydroxylation is 2. The third-order valence-corrected chi connectivity index (χ3v) is 4.72. The van der Waals surface area contributed by atoms with E-state index < -0.39 is 10.0 Å². The fourth-order valence-electron chi connectivity index (χ4n) is 1.93. The molecule has 0 saturated heterocycles. The van der Waals surface area contributed by atoms with Gasteiger partial charge in [-0.1, -0.05) is 12.1 Å². The topological polar surface area (TPSA) is 88.4 Å². The molecule has 0 aliphatic carbocycles. The van der Waals surface area contributed by atoms with Crippen molar-refractivity contribution in [2.75, 3.05) is 13.1 Å². The average molecular weight is 322 g/mol. The van der Waals surface area contributed by atoms with Crippen molar-refractivity contribution in [3.8, 4) is 0 Å². The molecule has 0 atom stereocenters. The van der Waals surface area contributed by atoms with Gasteiger partial charge in [-0.2, -0.15) is 0 Å². The van der Waals surface area contributed by atoms with Crippen molar-refractivity contribution in [3.63, 3.8) is 0 Å². The van der Waals surface area contributed by atoms with Crippen LogP contribution in [0, 0.1) is 13.8 Å². The second-order valence-electron chi connectivity index (χ2n) is 4.93. The zero-order valence-corrected chi connectivity index (χ0v) is 13.2. The lowest BCUT2D eigenvalue weighted by atomic mass is 10.2. The minimum Gasteiger partial charge on any atom is -0.472 e. The van der Waals surface area contributed by atoms with Gasteiger partial charge >= 0.3 is 0 Å². The second-order valence-corrected chi connectivity index (χ2v) is 6.67. The number of rotatable bonds is 6. The number of hydrogen-bond acceptors (Lipinski definition) is 4. The molecule has 2 N–H and O–H groups in total. The van der Waals surface area contributed by atoms with Gasteiger partial charge in [-0.3, -0.25) is 4.79 Å². The second kappa shape index (κ2) is 6.76. The van der Waals surface area contributed by atoms with Gasteiger partial charge in [-0.25, -0.2) is 13.1 Å². The summed E-state index contributed by atoms with van der Waals surface area (Å²) >= 11 is 0. The van der Waals surface area contributed by atoms with Crippen LogP contribution in [0.3, 0.4) is 0 Å². The van der Waals surface area contributed by atoms with Gasteiger partial charge in [0.15, 0.2) is 0 Å². The molecule has 0 unspecified atom stereocenters. The Morgan fingerprint density at radius 3 is 2.64 bits per heavy atom. The van der Waals surface area contributed by atoms with E-state index in [0.29, 0.717) is 11.1 Å². The van der Waals surface area contributed by atoms with Crippen molar-refractivity contribution >= 4 is 15.9 Å². The van der Waals surface area contributed by atoms with E-state index in [0.717, 1.165) is 5.56 Å². The molecule has 7 heteroatoms. The molecule has 0 saturated carbocycles. The smallest absolute Gasteiger partial charge is 0.254 e. The first kappa shape index (κ1) is 16.3. The van der Waals surface area contributed by atoms with Crippen molar-refractivity contribution < 1.29 is 17.6 Å². The van der Waals surface area contributed by atoms with Crippen LogP contribution in [0.4, 0.5) is 0 Å². The summed E-state index contributed by atoms with van der Waals surface area (Å²) in [5, 5.41) is 2.61. The van der Waals surface area contributed by atoms with Crippen LogP contribution in [0.1, 0.15) is 21.5 Å². The maximum Gasteiger partial charge on any atom is 0.254 e. The van der Waals surface area contributed by atoms with Crippen molar-refractivity contribution in [1.82, 2.24) is 10.0 Å². The fourth-order valence-corrected chi connectivity index (χ4v) is 3.29. The summed E-state index contributed by atoms with van der Waals surface area (Å²) in [5.74, 6) is -0.306. The minimum atomic E-state index is -3.59. The first-order valence-corrected chi connectivity index (χ1v) is 8.26. The van der Waals surface area contributed by atoms with Gasteiger partial charge in [-0.05, 0) is 37.1 Å². The Bertz CT molecular complexity index is 752.